The number of fused-ring (bicyclic) bond motifs is 1. The fourth-order valence-electron chi connectivity index (χ4n) is 3.15. The van der Waals surface area contributed by atoms with Gasteiger partial charge in [-0.3, -0.25) is 4.79 Å². The molecule has 5 nitrogen and oxygen atoms in total. The average molecular weight is 417 g/mol. The Morgan fingerprint density at radius 3 is 2.29 bits per heavy atom. The van der Waals surface area contributed by atoms with Gasteiger partial charge in [0, 0.05) is 24.3 Å². The zero-order valence-corrected chi connectivity index (χ0v) is 17.9. The summed E-state index contributed by atoms with van der Waals surface area (Å²) in [4.78, 5) is 13.6. The highest BCUT2D eigenvalue weighted by Crippen LogP contribution is 2.30. The number of nitrogens with zero attached hydrogens (tertiary/aromatic N) is 1. The van der Waals surface area contributed by atoms with Crippen LogP contribution in [0.2, 0.25) is 0 Å². The molecule has 1 amide bonds. The normalized spacial score (nSPS) is 11.9. The number of nitrogens with one attached hydrogen (secondary N) is 1. The summed E-state index contributed by atoms with van der Waals surface area (Å²) < 4.78 is 27.6. The molecule has 0 spiro atoms. The van der Waals surface area contributed by atoms with Crippen molar-refractivity contribution in [2.45, 2.75) is 32.2 Å². The van der Waals surface area contributed by atoms with Gasteiger partial charge in [-0.2, -0.15) is 4.31 Å². The number of hydrogen-bond donors (Lipinski definition) is 1. The first kappa shape index (κ1) is 20.5. The summed E-state index contributed by atoms with van der Waals surface area (Å²) in [5.41, 5.74) is 1.84. The lowest BCUT2D eigenvalue weighted by Crippen LogP contribution is -2.30. The van der Waals surface area contributed by atoms with Crippen LogP contribution in [0, 0.1) is 6.92 Å². The van der Waals surface area contributed by atoms with E-state index >= 15 is 0 Å². The first-order valence-corrected chi connectivity index (χ1v) is 11.5. The maximum atomic E-state index is 12.6. The second-order valence-electron chi connectivity index (χ2n) is 6.47. The molecule has 0 fully saturated rings. The highest BCUT2D eigenvalue weighted by molar-refractivity contribution is 7.89. The standard InChI is InChI=1S/C21H24N2O3S2/c1-4-23(5-2)28(25,26)17-12-10-16(11-13-17)14-22-21(24)20-15(3)18-8-6-7-9-19(18)27-20/h6-13H,4-5,14H2,1-3H3,(H,22,24). The number of aryl methyl sites for hydroxylation is 1. The molecule has 0 unspecified atom stereocenters. The lowest BCUT2D eigenvalue weighted by molar-refractivity contribution is 0.0954. The van der Waals surface area contributed by atoms with E-state index in [1.54, 1.807) is 24.3 Å². The number of amides is 1. The number of sulfonamides is 1. The van der Waals surface area contributed by atoms with Crippen LogP contribution in [0.25, 0.3) is 10.1 Å². The van der Waals surface area contributed by atoms with Gasteiger partial charge in [0.1, 0.15) is 0 Å². The van der Waals surface area contributed by atoms with E-state index in [1.807, 2.05) is 45.0 Å². The van der Waals surface area contributed by atoms with Gasteiger partial charge < -0.3 is 5.32 Å². The first-order valence-electron chi connectivity index (χ1n) is 9.23. The smallest absolute Gasteiger partial charge is 0.261 e. The fourth-order valence-corrected chi connectivity index (χ4v) is 5.73. The van der Waals surface area contributed by atoms with Crippen LogP contribution in [0.5, 0.6) is 0 Å². The largest absolute Gasteiger partial charge is 0.347 e. The van der Waals surface area contributed by atoms with Gasteiger partial charge in [0.2, 0.25) is 10.0 Å². The predicted octanol–water partition coefficient (Wildman–Crippen LogP) is 4.17. The Bertz CT molecular complexity index is 1080. The Morgan fingerprint density at radius 1 is 1.04 bits per heavy atom. The van der Waals surface area contributed by atoms with E-state index in [0.717, 1.165) is 21.2 Å². The summed E-state index contributed by atoms with van der Waals surface area (Å²) in [6.45, 7) is 6.82. The highest BCUT2D eigenvalue weighted by atomic mass is 32.2. The van der Waals surface area contributed by atoms with Crippen molar-refractivity contribution in [3.05, 3.63) is 64.5 Å². The van der Waals surface area contributed by atoms with Crippen LogP contribution in [0.15, 0.2) is 53.4 Å². The molecule has 0 aliphatic rings. The molecule has 0 saturated carbocycles. The Balaban J connectivity index is 1.71. The van der Waals surface area contributed by atoms with E-state index in [1.165, 1.54) is 15.6 Å². The van der Waals surface area contributed by atoms with Gasteiger partial charge in [-0.15, -0.1) is 11.3 Å². The van der Waals surface area contributed by atoms with Crippen LogP contribution >= 0.6 is 11.3 Å². The van der Waals surface area contributed by atoms with Gasteiger partial charge in [-0.1, -0.05) is 44.2 Å². The van der Waals surface area contributed by atoms with Crippen molar-refractivity contribution in [1.82, 2.24) is 9.62 Å². The van der Waals surface area contributed by atoms with Crippen LogP contribution in [0.1, 0.15) is 34.6 Å². The van der Waals surface area contributed by atoms with Crippen molar-refractivity contribution in [2.24, 2.45) is 0 Å². The number of carbonyl (C=O) groups excluding carboxylic acids is 1. The number of carbonyl (C=O) groups is 1. The van der Waals surface area contributed by atoms with Gasteiger partial charge in [0.25, 0.3) is 5.91 Å². The minimum absolute atomic E-state index is 0.112. The second-order valence-corrected chi connectivity index (χ2v) is 9.46. The van der Waals surface area contributed by atoms with Gasteiger partial charge in [-0.05, 0) is 41.6 Å². The molecule has 1 aromatic heterocycles. The third-order valence-electron chi connectivity index (χ3n) is 4.77. The average Bonchev–Trinajstić information content (AvgIpc) is 3.04. The third kappa shape index (κ3) is 3.97. The molecule has 3 rings (SSSR count). The molecular weight excluding hydrogens is 392 g/mol. The monoisotopic (exact) mass is 416 g/mol. The van der Waals surface area contributed by atoms with E-state index in [9.17, 15) is 13.2 Å². The number of hydrogen-bond acceptors (Lipinski definition) is 4. The summed E-state index contributed by atoms with van der Waals surface area (Å²) in [5, 5.41) is 4.03. The zero-order valence-electron chi connectivity index (χ0n) is 16.2. The van der Waals surface area contributed by atoms with Crippen molar-refractivity contribution < 1.29 is 13.2 Å². The van der Waals surface area contributed by atoms with Gasteiger partial charge in [-0.25, -0.2) is 8.42 Å². The lowest BCUT2D eigenvalue weighted by atomic mass is 10.1. The van der Waals surface area contributed by atoms with Crippen molar-refractivity contribution in [3.63, 3.8) is 0 Å². The molecule has 2 aromatic carbocycles. The number of rotatable bonds is 7. The molecule has 0 radical (unpaired) electrons. The molecule has 0 bridgehead atoms. The summed E-state index contributed by atoms with van der Waals surface area (Å²) in [6.07, 6.45) is 0. The quantitative estimate of drug-likeness (QED) is 0.629. The van der Waals surface area contributed by atoms with E-state index in [0.29, 0.717) is 24.5 Å². The Kier molecular flexibility index (Phi) is 6.17. The van der Waals surface area contributed by atoms with Crippen LogP contribution in [0.4, 0.5) is 0 Å². The third-order valence-corrected chi connectivity index (χ3v) is 8.11. The van der Waals surface area contributed by atoms with Crippen LogP contribution in [-0.4, -0.2) is 31.7 Å². The van der Waals surface area contributed by atoms with Crippen LogP contribution in [0.3, 0.4) is 0 Å². The molecule has 3 aromatic rings. The Morgan fingerprint density at radius 2 is 1.68 bits per heavy atom. The van der Waals surface area contributed by atoms with Crippen LogP contribution in [-0.2, 0) is 16.6 Å². The predicted molar refractivity (Wildman–Crippen MR) is 114 cm³/mol. The van der Waals surface area contributed by atoms with Crippen molar-refractivity contribution in [3.8, 4) is 0 Å². The molecule has 1 heterocycles. The molecule has 1 N–H and O–H groups in total. The summed E-state index contributed by atoms with van der Waals surface area (Å²) in [5.74, 6) is -0.112. The van der Waals surface area contributed by atoms with Crippen molar-refractivity contribution in [2.75, 3.05) is 13.1 Å². The number of benzene rings is 2. The lowest BCUT2D eigenvalue weighted by Gasteiger charge is -2.18. The van der Waals surface area contributed by atoms with E-state index in [-0.39, 0.29) is 10.8 Å². The zero-order chi connectivity index (χ0) is 20.3. The second kappa shape index (κ2) is 8.43. The summed E-state index contributed by atoms with van der Waals surface area (Å²) >= 11 is 1.48. The van der Waals surface area contributed by atoms with Gasteiger partial charge in [0.05, 0.1) is 9.77 Å². The molecule has 0 saturated heterocycles. The Hall–Kier alpha value is -2.22. The van der Waals surface area contributed by atoms with E-state index in [4.69, 9.17) is 0 Å². The highest BCUT2D eigenvalue weighted by Gasteiger charge is 2.21. The maximum absolute atomic E-state index is 12.6. The maximum Gasteiger partial charge on any atom is 0.261 e. The van der Waals surface area contributed by atoms with Crippen molar-refractivity contribution >= 4 is 37.4 Å². The van der Waals surface area contributed by atoms with E-state index < -0.39 is 10.0 Å². The summed E-state index contributed by atoms with van der Waals surface area (Å²) in [6, 6.07) is 14.7. The number of thiophene rings is 1. The molecule has 0 aliphatic heterocycles. The van der Waals surface area contributed by atoms with E-state index in [2.05, 4.69) is 5.32 Å². The molecule has 0 aliphatic carbocycles. The van der Waals surface area contributed by atoms with Crippen molar-refractivity contribution in [1.29, 1.82) is 0 Å². The Labute approximate surface area is 170 Å². The first-order chi connectivity index (χ1) is 13.4. The molecule has 148 valence electrons. The minimum Gasteiger partial charge on any atom is -0.347 e. The van der Waals surface area contributed by atoms with Gasteiger partial charge in [0.15, 0.2) is 0 Å². The molecule has 0 atom stereocenters. The summed E-state index contributed by atoms with van der Waals surface area (Å²) in [7, 11) is -3.47. The van der Waals surface area contributed by atoms with Gasteiger partial charge >= 0.3 is 0 Å². The minimum atomic E-state index is -3.47. The fraction of sp³-hybridized carbons (Fsp3) is 0.286. The topological polar surface area (TPSA) is 66.5 Å². The molecule has 28 heavy (non-hydrogen) atoms. The van der Waals surface area contributed by atoms with Crippen LogP contribution < -0.4 is 5.32 Å². The molecular formula is C21H24N2O3S2. The molecule has 7 heteroatoms. The SMILES string of the molecule is CCN(CC)S(=O)(=O)c1ccc(CNC(=O)c2sc3ccccc3c2C)cc1.